The van der Waals surface area contributed by atoms with Gasteiger partial charge in [-0.2, -0.15) is 0 Å². The number of hydrogen-bond donors (Lipinski definition) is 1. The Kier molecular flexibility index (Phi) is 4.98. The van der Waals surface area contributed by atoms with Crippen LogP contribution in [0.15, 0.2) is 67.1 Å². The average Bonchev–Trinajstić information content (AvgIpc) is 3.16. The number of carbonyl (C=O) groups is 1. The van der Waals surface area contributed by atoms with E-state index in [0.29, 0.717) is 6.54 Å². The molecule has 5 nitrogen and oxygen atoms in total. The van der Waals surface area contributed by atoms with Gasteiger partial charge in [0.1, 0.15) is 5.82 Å². The number of nitrogens with one attached hydrogen (secondary N) is 1. The number of halogens is 1. The topological polar surface area (TPSA) is 50.2 Å². The second-order valence-electron chi connectivity index (χ2n) is 6.69. The second kappa shape index (κ2) is 7.72. The van der Waals surface area contributed by atoms with Gasteiger partial charge >= 0.3 is 0 Å². The van der Waals surface area contributed by atoms with Gasteiger partial charge in [0.05, 0.1) is 12.6 Å². The Labute approximate surface area is 157 Å². The lowest BCUT2D eigenvalue weighted by molar-refractivity contribution is -0.123. The smallest absolute Gasteiger partial charge is 0.234 e. The molecule has 2 aromatic heterocycles. The molecule has 1 aliphatic heterocycles. The predicted molar refractivity (Wildman–Crippen MR) is 100 cm³/mol. The first-order valence-electron chi connectivity index (χ1n) is 9.01. The number of fused-ring (bicyclic) bond motifs is 1. The predicted octanol–water partition coefficient (Wildman–Crippen LogP) is 2.74. The number of pyridine rings is 1. The lowest BCUT2D eigenvalue weighted by Crippen LogP contribution is -2.44. The number of carbonyl (C=O) groups excluding carboxylic acids is 1. The lowest BCUT2D eigenvalue weighted by atomic mass is 10.00. The van der Waals surface area contributed by atoms with Crippen LogP contribution in [0.5, 0.6) is 0 Å². The number of benzene rings is 1. The van der Waals surface area contributed by atoms with E-state index in [1.165, 1.54) is 6.07 Å². The highest BCUT2D eigenvalue weighted by Crippen LogP contribution is 2.32. The maximum atomic E-state index is 13.8. The fourth-order valence-electron chi connectivity index (χ4n) is 3.60. The summed E-state index contributed by atoms with van der Waals surface area (Å²) in [5.41, 5.74) is 2.94. The molecule has 1 unspecified atom stereocenters. The van der Waals surface area contributed by atoms with Crippen LogP contribution in [0.25, 0.3) is 0 Å². The zero-order valence-electron chi connectivity index (χ0n) is 14.9. The first kappa shape index (κ1) is 17.4. The van der Waals surface area contributed by atoms with Gasteiger partial charge in [-0.15, -0.1) is 0 Å². The van der Waals surface area contributed by atoms with Crippen LogP contribution in [-0.4, -0.2) is 33.4 Å². The first-order chi connectivity index (χ1) is 13.2. The van der Waals surface area contributed by atoms with Crippen LogP contribution in [-0.2, 0) is 17.9 Å². The highest BCUT2D eigenvalue weighted by molar-refractivity contribution is 5.78. The SMILES string of the molecule is O=C(CN1CCn2cccc2C1c1cccc(F)c1)NCc1ccncc1. The largest absolute Gasteiger partial charge is 0.351 e. The molecule has 1 aliphatic rings. The van der Waals surface area contributed by atoms with Crippen molar-refractivity contribution in [3.63, 3.8) is 0 Å². The summed E-state index contributed by atoms with van der Waals surface area (Å²) in [7, 11) is 0. The second-order valence-corrected chi connectivity index (χ2v) is 6.69. The molecule has 1 atom stereocenters. The third kappa shape index (κ3) is 3.90. The monoisotopic (exact) mass is 364 g/mol. The van der Waals surface area contributed by atoms with E-state index in [-0.39, 0.29) is 24.3 Å². The first-order valence-corrected chi connectivity index (χ1v) is 9.01. The van der Waals surface area contributed by atoms with Crippen molar-refractivity contribution in [2.24, 2.45) is 0 Å². The van der Waals surface area contributed by atoms with E-state index in [1.54, 1.807) is 24.5 Å². The zero-order chi connectivity index (χ0) is 18.6. The summed E-state index contributed by atoms with van der Waals surface area (Å²) in [5, 5.41) is 2.96. The van der Waals surface area contributed by atoms with Gasteiger partial charge in [-0.25, -0.2) is 4.39 Å². The van der Waals surface area contributed by atoms with Gasteiger partial charge in [0, 0.05) is 43.9 Å². The van der Waals surface area contributed by atoms with E-state index in [9.17, 15) is 9.18 Å². The van der Waals surface area contributed by atoms with Crippen molar-refractivity contribution in [2.45, 2.75) is 19.1 Å². The molecule has 1 aromatic carbocycles. The van der Waals surface area contributed by atoms with Crippen molar-refractivity contribution in [3.05, 3.63) is 89.8 Å². The third-order valence-corrected chi connectivity index (χ3v) is 4.89. The summed E-state index contributed by atoms with van der Waals surface area (Å²) >= 11 is 0. The molecular weight excluding hydrogens is 343 g/mol. The average molecular weight is 364 g/mol. The molecule has 3 aromatic rings. The van der Waals surface area contributed by atoms with Crippen LogP contribution in [0.1, 0.15) is 22.9 Å². The van der Waals surface area contributed by atoms with Crippen LogP contribution in [0.3, 0.4) is 0 Å². The summed E-state index contributed by atoms with van der Waals surface area (Å²) in [6, 6.07) is 14.3. The molecule has 138 valence electrons. The van der Waals surface area contributed by atoms with Crippen molar-refractivity contribution in [3.8, 4) is 0 Å². The standard InChI is InChI=1S/C21H21FN4O/c22-18-4-1-3-17(13-18)21-19-5-2-10-25(19)11-12-26(21)15-20(27)24-14-16-6-8-23-9-7-16/h1-10,13,21H,11-12,14-15H2,(H,24,27). The van der Waals surface area contributed by atoms with Crippen molar-refractivity contribution < 1.29 is 9.18 Å². The van der Waals surface area contributed by atoms with Gasteiger partial charge < -0.3 is 9.88 Å². The highest BCUT2D eigenvalue weighted by atomic mass is 19.1. The van der Waals surface area contributed by atoms with Crippen LogP contribution in [0.2, 0.25) is 0 Å². The fraction of sp³-hybridized carbons (Fsp3) is 0.238. The summed E-state index contributed by atoms with van der Waals surface area (Å²) in [5.74, 6) is -0.313. The molecule has 27 heavy (non-hydrogen) atoms. The molecule has 0 bridgehead atoms. The Morgan fingerprint density at radius 3 is 2.81 bits per heavy atom. The summed E-state index contributed by atoms with van der Waals surface area (Å²) < 4.78 is 16.0. The van der Waals surface area contributed by atoms with Gasteiger partial charge in [0.15, 0.2) is 0 Å². The number of amides is 1. The maximum absolute atomic E-state index is 13.8. The quantitative estimate of drug-likeness (QED) is 0.757. The van der Waals surface area contributed by atoms with E-state index in [1.807, 2.05) is 36.5 Å². The van der Waals surface area contributed by atoms with Gasteiger partial charge in [-0.05, 0) is 47.5 Å². The lowest BCUT2D eigenvalue weighted by Gasteiger charge is -2.36. The Bertz CT molecular complexity index is 925. The third-order valence-electron chi connectivity index (χ3n) is 4.89. The van der Waals surface area contributed by atoms with E-state index in [0.717, 1.165) is 29.9 Å². The number of rotatable bonds is 5. The van der Waals surface area contributed by atoms with Gasteiger partial charge in [0.25, 0.3) is 0 Å². The molecular formula is C21H21FN4O. The highest BCUT2D eigenvalue weighted by Gasteiger charge is 2.30. The van der Waals surface area contributed by atoms with E-state index >= 15 is 0 Å². The normalized spacial score (nSPS) is 16.7. The Morgan fingerprint density at radius 1 is 1.15 bits per heavy atom. The molecule has 0 aliphatic carbocycles. The van der Waals surface area contributed by atoms with Gasteiger partial charge in [-0.1, -0.05) is 12.1 Å². The van der Waals surface area contributed by atoms with Crippen LogP contribution in [0, 0.1) is 5.82 Å². The minimum Gasteiger partial charge on any atom is -0.351 e. The van der Waals surface area contributed by atoms with E-state index < -0.39 is 0 Å². The van der Waals surface area contributed by atoms with Crippen LogP contribution >= 0.6 is 0 Å². The maximum Gasteiger partial charge on any atom is 0.234 e. The Balaban J connectivity index is 1.51. The molecule has 0 saturated carbocycles. The summed E-state index contributed by atoms with van der Waals surface area (Å²) in [6.45, 7) is 2.27. The minimum absolute atomic E-state index is 0.0479. The van der Waals surface area contributed by atoms with Gasteiger partial charge in [0.2, 0.25) is 5.91 Å². The molecule has 4 rings (SSSR count). The van der Waals surface area contributed by atoms with Crippen LogP contribution in [0.4, 0.5) is 4.39 Å². The molecule has 1 amide bonds. The van der Waals surface area contributed by atoms with Crippen molar-refractivity contribution in [2.75, 3.05) is 13.1 Å². The number of nitrogens with zero attached hydrogens (tertiary/aromatic N) is 3. The Morgan fingerprint density at radius 2 is 2.00 bits per heavy atom. The number of aromatic nitrogens is 2. The molecule has 6 heteroatoms. The van der Waals surface area contributed by atoms with Crippen molar-refractivity contribution in [1.82, 2.24) is 19.8 Å². The Hall–Kier alpha value is -2.99. The molecule has 0 spiro atoms. The molecule has 3 heterocycles. The van der Waals surface area contributed by atoms with E-state index in [4.69, 9.17) is 0 Å². The number of hydrogen-bond acceptors (Lipinski definition) is 3. The fourth-order valence-corrected chi connectivity index (χ4v) is 3.60. The summed E-state index contributed by atoms with van der Waals surface area (Å²) in [4.78, 5) is 18.6. The molecule has 0 fully saturated rings. The molecule has 1 N–H and O–H groups in total. The molecule has 0 radical (unpaired) electrons. The van der Waals surface area contributed by atoms with Crippen LogP contribution < -0.4 is 5.32 Å². The zero-order valence-corrected chi connectivity index (χ0v) is 14.9. The van der Waals surface area contributed by atoms with Crippen molar-refractivity contribution in [1.29, 1.82) is 0 Å². The molecule has 0 saturated heterocycles. The van der Waals surface area contributed by atoms with Gasteiger partial charge in [-0.3, -0.25) is 14.7 Å². The van der Waals surface area contributed by atoms with E-state index in [2.05, 4.69) is 19.8 Å². The summed E-state index contributed by atoms with van der Waals surface area (Å²) in [6.07, 6.45) is 5.45. The van der Waals surface area contributed by atoms with Crippen molar-refractivity contribution >= 4 is 5.91 Å². The minimum atomic E-state index is -0.265.